The number of hydrogen-bond acceptors (Lipinski definition) is 4. The first-order valence-electron chi connectivity index (χ1n) is 9.60. The van der Waals surface area contributed by atoms with Crippen molar-refractivity contribution in [2.45, 2.75) is 18.8 Å². The van der Waals surface area contributed by atoms with Crippen LogP contribution in [0.2, 0.25) is 0 Å². The number of nitrogens with zero attached hydrogens (tertiary/aromatic N) is 3. The van der Waals surface area contributed by atoms with Crippen LogP contribution >= 0.6 is 0 Å². The number of hydrogen-bond donors (Lipinski definition) is 2. The van der Waals surface area contributed by atoms with Crippen LogP contribution in [0.4, 0.5) is 11.4 Å². The van der Waals surface area contributed by atoms with E-state index in [2.05, 4.69) is 37.6 Å². The third-order valence-corrected chi connectivity index (χ3v) is 5.18. The van der Waals surface area contributed by atoms with Gasteiger partial charge in [-0.15, -0.1) is 0 Å². The van der Waals surface area contributed by atoms with Crippen LogP contribution in [0.5, 0.6) is 0 Å². The Labute approximate surface area is 163 Å². The van der Waals surface area contributed by atoms with Gasteiger partial charge in [0.1, 0.15) is 5.82 Å². The number of carbonyl (C=O) groups is 1. The Balaban J connectivity index is 1.24. The van der Waals surface area contributed by atoms with E-state index in [4.69, 9.17) is 0 Å². The summed E-state index contributed by atoms with van der Waals surface area (Å²) in [5, 5.41) is 10.3. The molecular formula is C22H21N5O. The van der Waals surface area contributed by atoms with Gasteiger partial charge in [0.2, 0.25) is 0 Å². The van der Waals surface area contributed by atoms with Gasteiger partial charge in [-0.1, -0.05) is 12.2 Å². The van der Waals surface area contributed by atoms with E-state index in [0.29, 0.717) is 17.3 Å². The van der Waals surface area contributed by atoms with E-state index in [1.54, 1.807) is 0 Å². The topological polar surface area (TPSA) is 73.9 Å². The Hall–Kier alpha value is -3.41. The largest absolute Gasteiger partial charge is 0.364 e. The van der Waals surface area contributed by atoms with Crippen molar-refractivity contribution >= 4 is 17.3 Å². The summed E-state index contributed by atoms with van der Waals surface area (Å²) < 4.78 is 0. The van der Waals surface area contributed by atoms with Crippen molar-refractivity contribution in [3.8, 4) is 11.4 Å². The lowest BCUT2D eigenvalue weighted by Crippen LogP contribution is -2.18. The van der Waals surface area contributed by atoms with Crippen molar-refractivity contribution in [2.24, 2.45) is 0 Å². The van der Waals surface area contributed by atoms with E-state index in [0.717, 1.165) is 35.9 Å². The standard InChI is InChI=1S/C22H21N5O/c28-22(17-7-11-19(12-8-17)27-13-1-2-14-27)23-18-9-5-16(6-10-18)21-24-20(25-26-21)15-3-4-15/h1-2,5-12,15H,3-4,13-14H2,(H,23,28)(H,24,25,26). The molecule has 2 N–H and O–H groups in total. The average molecular weight is 371 g/mol. The first-order chi connectivity index (χ1) is 13.8. The van der Waals surface area contributed by atoms with E-state index in [1.165, 1.54) is 12.8 Å². The maximum atomic E-state index is 12.5. The lowest BCUT2D eigenvalue weighted by molar-refractivity contribution is 0.102. The van der Waals surface area contributed by atoms with Crippen molar-refractivity contribution in [1.29, 1.82) is 0 Å². The van der Waals surface area contributed by atoms with Crippen LogP contribution < -0.4 is 10.2 Å². The zero-order valence-electron chi connectivity index (χ0n) is 15.4. The number of rotatable bonds is 5. The van der Waals surface area contributed by atoms with Crippen LogP contribution in [0.15, 0.2) is 60.7 Å². The fourth-order valence-electron chi connectivity index (χ4n) is 3.36. The molecule has 140 valence electrons. The maximum Gasteiger partial charge on any atom is 0.255 e. The number of nitrogens with one attached hydrogen (secondary N) is 2. The normalized spacial score (nSPS) is 15.8. The van der Waals surface area contributed by atoms with Crippen LogP contribution in [-0.4, -0.2) is 34.2 Å². The fourth-order valence-corrected chi connectivity index (χ4v) is 3.36. The summed E-state index contributed by atoms with van der Waals surface area (Å²) in [6.07, 6.45) is 6.68. The summed E-state index contributed by atoms with van der Waals surface area (Å²) >= 11 is 0. The highest BCUT2D eigenvalue weighted by atomic mass is 16.1. The molecule has 0 bridgehead atoms. The van der Waals surface area contributed by atoms with Gasteiger partial charge in [0.15, 0.2) is 5.82 Å². The maximum absolute atomic E-state index is 12.5. The molecule has 1 aromatic heterocycles. The van der Waals surface area contributed by atoms with Gasteiger partial charge in [-0.25, -0.2) is 4.98 Å². The van der Waals surface area contributed by atoms with E-state index in [9.17, 15) is 4.79 Å². The minimum absolute atomic E-state index is 0.118. The number of H-pyrrole nitrogens is 1. The second-order valence-corrected chi connectivity index (χ2v) is 7.27. The molecule has 1 aliphatic carbocycles. The van der Waals surface area contributed by atoms with Crippen molar-refractivity contribution in [3.63, 3.8) is 0 Å². The van der Waals surface area contributed by atoms with Gasteiger partial charge in [-0.05, 0) is 61.4 Å². The van der Waals surface area contributed by atoms with Crippen molar-refractivity contribution < 1.29 is 4.79 Å². The molecular weight excluding hydrogens is 350 g/mol. The smallest absolute Gasteiger partial charge is 0.255 e. The quantitative estimate of drug-likeness (QED) is 0.666. The number of aromatic nitrogens is 3. The predicted octanol–water partition coefficient (Wildman–Crippen LogP) is 3.98. The molecule has 0 unspecified atom stereocenters. The van der Waals surface area contributed by atoms with E-state index < -0.39 is 0 Å². The third-order valence-electron chi connectivity index (χ3n) is 5.18. The molecule has 28 heavy (non-hydrogen) atoms. The molecule has 2 aromatic carbocycles. The van der Waals surface area contributed by atoms with Gasteiger partial charge in [0.25, 0.3) is 5.91 Å². The lowest BCUT2D eigenvalue weighted by Gasteiger charge is -2.17. The van der Waals surface area contributed by atoms with Crippen LogP contribution in [0.3, 0.4) is 0 Å². The van der Waals surface area contributed by atoms with Gasteiger partial charge < -0.3 is 10.2 Å². The van der Waals surface area contributed by atoms with Gasteiger partial charge in [0, 0.05) is 41.5 Å². The number of aromatic amines is 1. The Morgan fingerprint density at radius 3 is 2.39 bits per heavy atom. The summed E-state index contributed by atoms with van der Waals surface area (Å²) in [7, 11) is 0. The van der Waals surface area contributed by atoms with Gasteiger partial charge >= 0.3 is 0 Å². The molecule has 3 aromatic rings. The zero-order chi connectivity index (χ0) is 18.9. The number of benzene rings is 2. The fraction of sp³-hybridized carbons (Fsp3) is 0.227. The molecule has 6 nitrogen and oxygen atoms in total. The molecule has 1 saturated carbocycles. The number of amides is 1. The SMILES string of the molecule is O=C(Nc1ccc(-c2n[nH]c(C3CC3)n2)cc1)c1ccc(N2CC=CC2)cc1. The van der Waals surface area contributed by atoms with Gasteiger partial charge in [-0.2, -0.15) is 5.10 Å². The molecule has 0 atom stereocenters. The highest BCUT2D eigenvalue weighted by molar-refractivity contribution is 6.04. The van der Waals surface area contributed by atoms with Crippen molar-refractivity contribution in [3.05, 3.63) is 72.1 Å². The average Bonchev–Trinajstić information content (AvgIpc) is 3.22. The summed E-state index contributed by atoms with van der Waals surface area (Å²) in [5.74, 6) is 2.10. The molecule has 6 heteroatoms. The molecule has 0 radical (unpaired) electrons. The highest BCUT2D eigenvalue weighted by Gasteiger charge is 2.27. The second-order valence-electron chi connectivity index (χ2n) is 7.27. The lowest BCUT2D eigenvalue weighted by atomic mass is 10.1. The highest BCUT2D eigenvalue weighted by Crippen LogP contribution is 2.38. The zero-order valence-corrected chi connectivity index (χ0v) is 15.4. The Morgan fingerprint density at radius 1 is 1.00 bits per heavy atom. The van der Waals surface area contributed by atoms with E-state index in [1.807, 2.05) is 48.5 Å². The number of carbonyl (C=O) groups excluding carboxylic acids is 1. The molecule has 2 heterocycles. The molecule has 0 spiro atoms. The molecule has 0 saturated heterocycles. The molecule has 1 amide bonds. The van der Waals surface area contributed by atoms with Gasteiger partial charge in [-0.3, -0.25) is 9.89 Å². The van der Waals surface area contributed by atoms with Crippen LogP contribution in [0.25, 0.3) is 11.4 Å². The van der Waals surface area contributed by atoms with Crippen molar-refractivity contribution in [2.75, 3.05) is 23.3 Å². The van der Waals surface area contributed by atoms with E-state index in [-0.39, 0.29) is 5.91 Å². The molecule has 2 aliphatic rings. The molecule has 1 aliphatic heterocycles. The van der Waals surface area contributed by atoms with Crippen LogP contribution in [0.1, 0.15) is 34.9 Å². The Kier molecular flexibility index (Phi) is 4.16. The molecule has 5 rings (SSSR count). The summed E-state index contributed by atoms with van der Waals surface area (Å²) in [6, 6.07) is 15.3. The van der Waals surface area contributed by atoms with Crippen LogP contribution in [0, 0.1) is 0 Å². The monoisotopic (exact) mass is 371 g/mol. The minimum atomic E-state index is -0.118. The Morgan fingerprint density at radius 2 is 1.71 bits per heavy atom. The third kappa shape index (κ3) is 3.41. The molecule has 1 fully saturated rings. The predicted molar refractivity (Wildman–Crippen MR) is 110 cm³/mol. The second kappa shape index (κ2) is 6.96. The van der Waals surface area contributed by atoms with Gasteiger partial charge in [0.05, 0.1) is 0 Å². The summed E-state index contributed by atoms with van der Waals surface area (Å²) in [5.41, 5.74) is 3.45. The Bertz CT molecular complexity index is 1010. The van der Waals surface area contributed by atoms with Crippen molar-refractivity contribution in [1.82, 2.24) is 15.2 Å². The van der Waals surface area contributed by atoms with Crippen LogP contribution in [-0.2, 0) is 0 Å². The summed E-state index contributed by atoms with van der Waals surface area (Å²) in [4.78, 5) is 19.3. The minimum Gasteiger partial charge on any atom is -0.364 e. The van der Waals surface area contributed by atoms with E-state index >= 15 is 0 Å². The first-order valence-corrected chi connectivity index (χ1v) is 9.60. The first kappa shape index (κ1) is 16.7. The number of anilines is 2. The summed E-state index contributed by atoms with van der Waals surface area (Å²) in [6.45, 7) is 1.84.